The summed E-state index contributed by atoms with van der Waals surface area (Å²) in [6, 6.07) is 9.46. The lowest BCUT2D eigenvalue weighted by Gasteiger charge is -2.59. The van der Waals surface area contributed by atoms with Crippen molar-refractivity contribution in [1.82, 2.24) is 4.57 Å². The summed E-state index contributed by atoms with van der Waals surface area (Å²) in [4.78, 5) is 25.7. The van der Waals surface area contributed by atoms with E-state index in [1.165, 1.54) is 0 Å². The van der Waals surface area contributed by atoms with Gasteiger partial charge in [-0.15, -0.1) is 0 Å². The molecule has 0 bridgehead atoms. The Labute approximate surface area is 167 Å². The molecule has 0 unspecified atom stereocenters. The molecule has 7 heteroatoms. The average molecular weight is 406 g/mol. The Hall–Kier alpha value is -1.70. The Morgan fingerprint density at radius 1 is 1.32 bits per heavy atom. The van der Waals surface area contributed by atoms with E-state index in [0.29, 0.717) is 6.54 Å². The monoisotopic (exact) mass is 405 g/mol. The van der Waals surface area contributed by atoms with Gasteiger partial charge in [0.1, 0.15) is 6.61 Å². The lowest BCUT2D eigenvalue weighted by Crippen LogP contribution is -2.78. The van der Waals surface area contributed by atoms with Gasteiger partial charge < -0.3 is 19.1 Å². The van der Waals surface area contributed by atoms with Crippen LogP contribution in [0.25, 0.3) is 0 Å². The minimum absolute atomic E-state index is 0.0194. The van der Waals surface area contributed by atoms with Crippen LogP contribution in [0.3, 0.4) is 0 Å². The summed E-state index contributed by atoms with van der Waals surface area (Å²) in [5, 5.41) is 10.2. The predicted octanol–water partition coefficient (Wildman–Crippen LogP) is 3.06. The number of nitrogens with zero attached hydrogens (tertiary/aromatic N) is 1. The first kappa shape index (κ1) is 21.0. The van der Waals surface area contributed by atoms with Crippen LogP contribution in [0.15, 0.2) is 30.3 Å². The van der Waals surface area contributed by atoms with Crippen molar-refractivity contribution in [3.05, 3.63) is 35.9 Å². The first-order valence-electron chi connectivity index (χ1n) is 9.85. The van der Waals surface area contributed by atoms with E-state index in [1.807, 2.05) is 34.9 Å². The van der Waals surface area contributed by atoms with Crippen LogP contribution in [-0.4, -0.2) is 48.2 Å². The first-order chi connectivity index (χ1) is 13.0. The summed E-state index contributed by atoms with van der Waals surface area (Å²) in [5.74, 6) is -1.03. The van der Waals surface area contributed by atoms with Crippen LogP contribution in [0.2, 0.25) is 18.1 Å². The molecule has 2 aliphatic rings. The third-order valence-electron chi connectivity index (χ3n) is 6.54. The van der Waals surface area contributed by atoms with Gasteiger partial charge in [0, 0.05) is 12.8 Å². The average Bonchev–Trinajstić information content (AvgIpc) is 2.63. The van der Waals surface area contributed by atoms with Gasteiger partial charge in [0.15, 0.2) is 20.1 Å². The quantitative estimate of drug-likeness (QED) is 0.473. The first-order valence-corrected chi connectivity index (χ1v) is 12.8. The number of amides is 1. The smallest absolute Gasteiger partial charge is 0.309 e. The van der Waals surface area contributed by atoms with Crippen LogP contribution in [0.1, 0.15) is 39.2 Å². The number of hydrogen-bond acceptors (Lipinski definition) is 5. The van der Waals surface area contributed by atoms with Crippen molar-refractivity contribution >= 4 is 20.1 Å². The van der Waals surface area contributed by atoms with Crippen molar-refractivity contribution in [1.29, 1.82) is 0 Å². The number of β-lactam (4-membered cyclic amide) rings is 1. The number of carbonyl (C=O) groups excluding carboxylic acids is 2. The molecule has 28 heavy (non-hydrogen) atoms. The molecule has 1 aromatic carbocycles. The van der Waals surface area contributed by atoms with Crippen LogP contribution >= 0.6 is 0 Å². The van der Waals surface area contributed by atoms with Crippen LogP contribution < -0.4 is 0 Å². The number of esters is 1. The molecule has 0 aromatic heterocycles. The Morgan fingerprint density at radius 3 is 2.54 bits per heavy atom. The molecular formula is C21H31NO5Si. The minimum atomic E-state index is -2.02. The van der Waals surface area contributed by atoms with Gasteiger partial charge in [-0.3, -0.25) is 9.59 Å². The van der Waals surface area contributed by atoms with Crippen LogP contribution in [0, 0.1) is 5.92 Å². The number of ether oxygens (including phenoxy) is 2. The molecule has 1 amide bonds. The molecule has 2 fully saturated rings. The number of rotatable bonds is 4. The Kier molecular flexibility index (Phi) is 5.46. The highest BCUT2D eigenvalue weighted by atomic mass is 28.3. The maximum atomic E-state index is 13.1. The van der Waals surface area contributed by atoms with Crippen LogP contribution in [-0.2, 0) is 25.7 Å². The van der Waals surface area contributed by atoms with E-state index in [4.69, 9.17) is 9.47 Å². The molecule has 2 aliphatic heterocycles. The summed E-state index contributed by atoms with van der Waals surface area (Å²) >= 11 is 0. The summed E-state index contributed by atoms with van der Waals surface area (Å²) < 4.78 is 13.0. The highest BCUT2D eigenvalue weighted by Gasteiger charge is 2.63. The van der Waals surface area contributed by atoms with Gasteiger partial charge in [0.2, 0.25) is 5.91 Å². The molecule has 3 atom stereocenters. The van der Waals surface area contributed by atoms with Gasteiger partial charge in [-0.05, 0) is 10.6 Å². The minimum Gasteiger partial charge on any atom is -0.461 e. The van der Waals surface area contributed by atoms with Crippen molar-refractivity contribution in [2.75, 3.05) is 6.54 Å². The zero-order valence-corrected chi connectivity index (χ0v) is 18.4. The summed E-state index contributed by atoms with van der Waals surface area (Å²) in [7, 11) is -2.02. The van der Waals surface area contributed by atoms with E-state index in [0.717, 1.165) is 5.56 Å². The fourth-order valence-electron chi connectivity index (χ4n) is 3.75. The largest absolute Gasteiger partial charge is 0.461 e. The van der Waals surface area contributed by atoms with Gasteiger partial charge >= 0.3 is 5.97 Å². The maximum absolute atomic E-state index is 13.1. The highest BCUT2D eigenvalue weighted by molar-refractivity contribution is 6.80. The van der Waals surface area contributed by atoms with Gasteiger partial charge in [0.25, 0.3) is 0 Å². The lowest BCUT2D eigenvalue weighted by molar-refractivity contribution is -0.251. The van der Waals surface area contributed by atoms with Crippen molar-refractivity contribution in [3.63, 3.8) is 0 Å². The van der Waals surface area contributed by atoms with E-state index >= 15 is 0 Å². The van der Waals surface area contributed by atoms with E-state index in [1.54, 1.807) is 0 Å². The second-order valence-electron chi connectivity index (χ2n) is 9.50. The number of hydrogen-bond donors (Lipinski definition) is 1. The van der Waals surface area contributed by atoms with Gasteiger partial charge in [-0.1, -0.05) is 64.2 Å². The molecule has 2 heterocycles. The molecule has 6 nitrogen and oxygen atoms in total. The second kappa shape index (κ2) is 7.28. The molecule has 1 aromatic rings. The zero-order valence-electron chi connectivity index (χ0n) is 17.4. The lowest BCUT2D eigenvalue weighted by atomic mass is 9.80. The fraction of sp³-hybridized carbons (Fsp3) is 0.619. The van der Waals surface area contributed by atoms with Gasteiger partial charge in [-0.25, -0.2) is 0 Å². The van der Waals surface area contributed by atoms with Crippen LogP contribution in [0.5, 0.6) is 0 Å². The number of aliphatic hydroxyl groups is 1. The SMILES string of the molecule is CC(C)(C)[Si](C)(C)N1C[C@@]2(C[C@H](C(=O)OCc3ccccc3)C[C@@H](O)O2)C1=O. The molecule has 2 saturated heterocycles. The van der Waals surface area contributed by atoms with E-state index in [9.17, 15) is 14.7 Å². The highest BCUT2D eigenvalue weighted by Crippen LogP contribution is 2.47. The van der Waals surface area contributed by atoms with Gasteiger partial charge in [-0.2, -0.15) is 0 Å². The van der Waals surface area contributed by atoms with Crippen molar-refractivity contribution in [2.24, 2.45) is 5.92 Å². The topological polar surface area (TPSA) is 76.1 Å². The molecule has 154 valence electrons. The molecule has 1 N–H and O–H groups in total. The Balaban J connectivity index is 1.66. The fourth-order valence-corrected chi connectivity index (χ4v) is 5.92. The molecule has 1 spiro atoms. The van der Waals surface area contributed by atoms with Crippen molar-refractivity contribution in [3.8, 4) is 0 Å². The Bertz CT molecular complexity index is 745. The molecular weight excluding hydrogens is 374 g/mol. The number of benzene rings is 1. The number of aliphatic hydroxyl groups excluding tert-OH is 1. The summed E-state index contributed by atoms with van der Waals surface area (Å²) in [6.45, 7) is 11.4. The molecule has 3 rings (SSSR count). The van der Waals surface area contributed by atoms with Crippen molar-refractivity contribution in [2.45, 2.75) is 70.2 Å². The summed E-state index contributed by atoms with van der Waals surface area (Å²) in [6.07, 6.45) is -0.710. The third kappa shape index (κ3) is 3.75. The molecule has 0 aliphatic carbocycles. The van der Waals surface area contributed by atoms with E-state index in [2.05, 4.69) is 33.9 Å². The third-order valence-corrected chi connectivity index (χ3v) is 11.9. The zero-order chi connectivity index (χ0) is 20.7. The molecule has 0 radical (unpaired) electrons. The summed E-state index contributed by atoms with van der Waals surface area (Å²) in [5.41, 5.74) is -0.189. The Morgan fingerprint density at radius 2 is 1.96 bits per heavy atom. The van der Waals surface area contributed by atoms with E-state index < -0.39 is 26.0 Å². The van der Waals surface area contributed by atoms with Gasteiger partial charge in [0.05, 0.1) is 12.5 Å². The number of carbonyl (C=O) groups is 2. The maximum Gasteiger partial charge on any atom is 0.309 e. The normalized spacial score (nSPS) is 28.2. The second-order valence-corrected chi connectivity index (χ2v) is 14.7. The van der Waals surface area contributed by atoms with Crippen LogP contribution in [0.4, 0.5) is 0 Å². The predicted molar refractivity (Wildman–Crippen MR) is 108 cm³/mol. The van der Waals surface area contributed by atoms with E-state index in [-0.39, 0.29) is 36.4 Å². The molecule has 0 saturated carbocycles. The standard InChI is InChI=1S/C21H31NO5Si/c1-20(2,3)28(4,5)22-14-21(19(22)25)12-16(11-17(23)27-21)18(24)26-13-15-9-7-6-8-10-15/h6-10,16-17,23H,11-14H2,1-5H3/t16-,17+,21+/m1/s1. The van der Waals surface area contributed by atoms with Crippen molar-refractivity contribution < 1.29 is 24.2 Å².